The largest absolute Gasteiger partial charge is 0.324 e. The smallest absolute Gasteiger partial charge is 0.266 e. The van der Waals surface area contributed by atoms with Gasteiger partial charge in [0, 0.05) is 18.0 Å². The molecule has 6 nitrogen and oxygen atoms in total. The van der Waals surface area contributed by atoms with Crippen molar-refractivity contribution in [3.8, 4) is 0 Å². The zero-order valence-corrected chi connectivity index (χ0v) is 20.0. The van der Waals surface area contributed by atoms with Gasteiger partial charge in [0.15, 0.2) is 0 Å². The third-order valence-electron chi connectivity index (χ3n) is 5.66. The maximum atomic E-state index is 15.0. The predicted molar refractivity (Wildman–Crippen MR) is 129 cm³/mol. The van der Waals surface area contributed by atoms with E-state index in [4.69, 9.17) is 0 Å². The SMILES string of the molecule is C[C@@H](c1ccccc1F)c1c(F)ccc2c1NC(=NCc1ccc(CN(C)C)cc1)NS2(=O)=O. The molecule has 0 bridgehead atoms. The van der Waals surface area contributed by atoms with Crippen LogP contribution in [0, 0.1) is 11.6 Å². The summed E-state index contributed by atoms with van der Waals surface area (Å²) in [6, 6.07) is 16.2. The molecule has 1 aliphatic heterocycles. The van der Waals surface area contributed by atoms with Crippen LogP contribution in [0.1, 0.15) is 35.1 Å². The van der Waals surface area contributed by atoms with E-state index in [1.807, 2.05) is 38.4 Å². The Labute approximate surface area is 198 Å². The van der Waals surface area contributed by atoms with Crippen LogP contribution in [0.2, 0.25) is 0 Å². The Morgan fingerprint density at radius 1 is 0.941 bits per heavy atom. The molecule has 0 aliphatic carbocycles. The van der Waals surface area contributed by atoms with Crippen LogP contribution in [0.15, 0.2) is 70.6 Å². The highest BCUT2D eigenvalue weighted by molar-refractivity contribution is 7.90. The number of halogens is 2. The van der Waals surface area contributed by atoms with E-state index in [0.717, 1.165) is 23.7 Å². The molecule has 9 heteroatoms. The van der Waals surface area contributed by atoms with Gasteiger partial charge < -0.3 is 10.2 Å². The molecule has 0 radical (unpaired) electrons. The van der Waals surface area contributed by atoms with Crippen LogP contribution >= 0.6 is 0 Å². The van der Waals surface area contributed by atoms with Gasteiger partial charge in [-0.2, -0.15) is 0 Å². The highest BCUT2D eigenvalue weighted by Crippen LogP contribution is 2.38. The van der Waals surface area contributed by atoms with Gasteiger partial charge in [-0.1, -0.05) is 49.4 Å². The van der Waals surface area contributed by atoms with Crippen molar-refractivity contribution in [3.05, 3.63) is 94.6 Å². The van der Waals surface area contributed by atoms with Gasteiger partial charge in [0.2, 0.25) is 5.96 Å². The van der Waals surface area contributed by atoms with Crippen LogP contribution in [0.25, 0.3) is 0 Å². The fourth-order valence-electron chi connectivity index (χ4n) is 4.02. The van der Waals surface area contributed by atoms with Gasteiger partial charge in [0.05, 0.1) is 12.2 Å². The number of benzene rings is 3. The van der Waals surface area contributed by atoms with E-state index in [2.05, 4.69) is 19.9 Å². The highest BCUT2D eigenvalue weighted by Gasteiger charge is 2.32. The molecule has 34 heavy (non-hydrogen) atoms. The topological polar surface area (TPSA) is 73.8 Å². The summed E-state index contributed by atoms with van der Waals surface area (Å²) in [5.74, 6) is -1.87. The van der Waals surface area contributed by atoms with Crippen molar-refractivity contribution >= 4 is 21.7 Å². The summed E-state index contributed by atoms with van der Waals surface area (Å²) in [5, 5.41) is 2.93. The number of anilines is 1. The van der Waals surface area contributed by atoms with Crippen LogP contribution in [0.4, 0.5) is 14.5 Å². The lowest BCUT2D eigenvalue weighted by Crippen LogP contribution is -2.41. The minimum atomic E-state index is -3.99. The standard InChI is InChI=1S/C25H26F2N4O2S/c1-16(19-6-4-5-7-20(19)26)23-21(27)12-13-22-24(23)29-25(30-34(22,32)33)28-14-17-8-10-18(11-9-17)15-31(2)3/h4-13,16H,14-15H2,1-3H3,(H2,28,29,30)/t16-/m0/s1. The predicted octanol–water partition coefficient (Wildman–Crippen LogP) is 4.44. The van der Waals surface area contributed by atoms with E-state index in [1.165, 1.54) is 12.1 Å². The molecule has 1 aliphatic rings. The average Bonchev–Trinajstić information content (AvgIpc) is 2.77. The Morgan fingerprint density at radius 3 is 2.29 bits per heavy atom. The molecule has 0 spiro atoms. The molecule has 2 N–H and O–H groups in total. The summed E-state index contributed by atoms with van der Waals surface area (Å²) in [7, 11) is -0.0125. The van der Waals surface area contributed by atoms with Gasteiger partial charge in [0.25, 0.3) is 10.0 Å². The number of aliphatic imine (C=N–C) groups is 1. The van der Waals surface area contributed by atoms with Gasteiger partial charge >= 0.3 is 0 Å². The molecule has 1 heterocycles. The van der Waals surface area contributed by atoms with Crippen molar-refractivity contribution in [2.45, 2.75) is 30.8 Å². The Bertz CT molecular complexity index is 1340. The summed E-state index contributed by atoms with van der Waals surface area (Å²) >= 11 is 0. The Morgan fingerprint density at radius 2 is 1.62 bits per heavy atom. The molecule has 0 amide bonds. The number of fused-ring (bicyclic) bond motifs is 1. The molecule has 1 atom stereocenters. The third-order valence-corrected chi connectivity index (χ3v) is 7.05. The highest BCUT2D eigenvalue weighted by atomic mass is 32.2. The van der Waals surface area contributed by atoms with Crippen molar-refractivity contribution in [2.24, 2.45) is 4.99 Å². The first kappa shape index (κ1) is 23.8. The number of sulfonamides is 1. The van der Waals surface area contributed by atoms with Gasteiger partial charge in [-0.3, -0.25) is 0 Å². The zero-order valence-electron chi connectivity index (χ0n) is 19.1. The van der Waals surface area contributed by atoms with Crippen molar-refractivity contribution in [2.75, 3.05) is 19.4 Å². The first-order valence-electron chi connectivity index (χ1n) is 10.8. The normalized spacial score (nSPS) is 16.6. The van der Waals surface area contributed by atoms with Crippen molar-refractivity contribution in [3.63, 3.8) is 0 Å². The summed E-state index contributed by atoms with van der Waals surface area (Å²) in [4.78, 5) is 6.32. The van der Waals surface area contributed by atoms with E-state index < -0.39 is 27.6 Å². The second kappa shape index (κ2) is 9.52. The lowest BCUT2D eigenvalue weighted by atomic mass is 9.91. The second-order valence-corrected chi connectivity index (χ2v) is 10.2. The molecule has 0 saturated heterocycles. The molecule has 3 aromatic rings. The minimum absolute atomic E-state index is 0.0162. The van der Waals surface area contributed by atoms with Crippen molar-refractivity contribution in [1.29, 1.82) is 0 Å². The van der Waals surface area contributed by atoms with Gasteiger partial charge in [-0.25, -0.2) is 26.9 Å². The van der Waals surface area contributed by atoms with Gasteiger partial charge in [0.1, 0.15) is 16.5 Å². The Kier molecular flexibility index (Phi) is 6.67. The molecule has 178 valence electrons. The first-order chi connectivity index (χ1) is 16.2. The van der Waals surface area contributed by atoms with E-state index in [-0.39, 0.29) is 34.2 Å². The number of nitrogens with zero attached hydrogens (tertiary/aromatic N) is 2. The van der Waals surface area contributed by atoms with Crippen LogP contribution < -0.4 is 10.0 Å². The molecular formula is C25H26F2N4O2S. The fraction of sp³-hybridized carbons (Fsp3) is 0.240. The van der Waals surface area contributed by atoms with Crippen LogP contribution in [-0.2, 0) is 23.1 Å². The molecule has 3 aromatic carbocycles. The third kappa shape index (κ3) is 4.95. The fourth-order valence-corrected chi connectivity index (χ4v) is 5.17. The molecule has 0 aromatic heterocycles. The number of nitrogens with one attached hydrogen (secondary N) is 2. The molecular weight excluding hydrogens is 458 g/mol. The van der Waals surface area contributed by atoms with Crippen molar-refractivity contribution < 1.29 is 17.2 Å². The molecule has 0 saturated carbocycles. The zero-order chi connectivity index (χ0) is 24.5. The van der Waals surface area contributed by atoms with Crippen LogP contribution in [0.3, 0.4) is 0 Å². The quantitative estimate of drug-likeness (QED) is 0.543. The van der Waals surface area contributed by atoms with Crippen LogP contribution in [-0.4, -0.2) is 33.4 Å². The van der Waals surface area contributed by atoms with E-state index in [1.54, 1.807) is 25.1 Å². The summed E-state index contributed by atoms with van der Waals surface area (Å²) in [6.07, 6.45) is 0. The Balaban J connectivity index is 1.67. The van der Waals surface area contributed by atoms with E-state index in [0.29, 0.717) is 0 Å². The van der Waals surface area contributed by atoms with E-state index >= 15 is 0 Å². The van der Waals surface area contributed by atoms with Gasteiger partial charge in [-0.05, 0) is 49.0 Å². The maximum absolute atomic E-state index is 15.0. The Hall–Kier alpha value is -3.30. The monoisotopic (exact) mass is 484 g/mol. The summed E-state index contributed by atoms with van der Waals surface area (Å²) in [5.41, 5.74) is 2.43. The molecule has 4 rings (SSSR count). The summed E-state index contributed by atoms with van der Waals surface area (Å²) < 4.78 is 57.6. The number of hydrogen-bond donors (Lipinski definition) is 2. The maximum Gasteiger partial charge on any atom is 0.266 e. The van der Waals surface area contributed by atoms with E-state index in [9.17, 15) is 17.2 Å². The molecule has 0 unspecified atom stereocenters. The summed E-state index contributed by atoms with van der Waals surface area (Å²) in [6.45, 7) is 2.66. The molecule has 0 fully saturated rings. The number of hydrogen-bond acceptors (Lipinski definition) is 4. The van der Waals surface area contributed by atoms with Gasteiger partial charge in [-0.15, -0.1) is 0 Å². The first-order valence-corrected chi connectivity index (χ1v) is 12.3. The lowest BCUT2D eigenvalue weighted by Gasteiger charge is -2.26. The van der Waals surface area contributed by atoms with Crippen molar-refractivity contribution in [1.82, 2.24) is 9.62 Å². The minimum Gasteiger partial charge on any atom is -0.324 e. The lowest BCUT2D eigenvalue weighted by molar-refractivity contribution is 0.402. The number of rotatable bonds is 6. The van der Waals surface area contributed by atoms with Crippen LogP contribution in [0.5, 0.6) is 0 Å². The number of guanidine groups is 1. The second-order valence-electron chi connectivity index (χ2n) is 8.53. The average molecular weight is 485 g/mol.